The van der Waals surface area contributed by atoms with Crippen molar-refractivity contribution in [2.45, 2.75) is 76.9 Å². The van der Waals surface area contributed by atoms with E-state index in [-0.39, 0.29) is 24.4 Å². The number of halogens is 1. The summed E-state index contributed by atoms with van der Waals surface area (Å²) in [6, 6.07) is 14.1. The Morgan fingerprint density at radius 1 is 1.09 bits per heavy atom. The van der Waals surface area contributed by atoms with Crippen LogP contribution in [0.15, 0.2) is 42.5 Å². The van der Waals surface area contributed by atoms with Crippen LogP contribution in [0.25, 0.3) is 11.0 Å². The maximum Gasteiger partial charge on any atom is 0.123 e. The standard InChI is InChI=1S/C27H36N2O3.ClH/c1-27(2,3)22-16-21(31-4)14-15-25(22)32-18-20(30)17-29-24-13-9-8-12-23(24)28-26(29)19-10-6-5-7-11-19;/h8-9,12-16,19-20,30H,5-7,10-11,17-18H2,1-4H3;1H. The van der Waals surface area contributed by atoms with E-state index in [0.717, 1.165) is 33.9 Å². The fourth-order valence-electron chi connectivity index (χ4n) is 4.76. The van der Waals surface area contributed by atoms with Crippen LogP contribution >= 0.6 is 12.4 Å². The van der Waals surface area contributed by atoms with Crippen molar-refractivity contribution >= 4 is 23.4 Å². The first-order valence-electron chi connectivity index (χ1n) is 11.8. The number of fused-ring (bicyclic) bond motifs is 1. The Morgan fingerprint density at radius 2 is 1.82 bits per heavy atom. The Kier molecular flexibility index (Phi) is 8.30. The smallest absolute Gasteiger partial charge is 0.123 e. The number of ether oxygens (including phenoxy) is 2. The Bertz CT molecular complexity index is 1050. The summed E-state index contributed by atoms with van der Waals surface area (Å²) in [5.74, 6) is 3.19. The molecule has 0 spiro atoms. The molecule has 0 amide bonds. The molecule has 1 fully saturated rings. The fourth-order valence-corrected chi connectivity index (χ4v) is 4.76. The number of hydrogen-bond donors (Lipinski definition) is 1. The maximum absolute atomic E-state index is 11.0. The first-order chi connectivity index (χ1) is 15.4. The number of aromatic nitrogens is 2. The molecule has 4 rings (SSSR count). The lowest BCUT2D eigenvalue weighted by atomic mass is 9.86. The second kappa shape index (κ2) is 10.8. The van der Waals surface area contributed by atoms with E-state index in [4.69, 9.17) is 14.5 Å². The van der Waals surface area contributed by atoms with Gasteiger partial charge in [0.05, 0.1) is 24.7 Å². The molecular weight excluding hydrogens is 436 g/mol. The first kappa shape index (κ1) is 25.4. The van der Waals surface area contributed by atoms with Gasteiger partial charge < -0.3 is 19.1 Å². The average molecular weight is 473 g/mol. The molecule has 0 bridgehead atoms. The Morgan fingerprint density at radius 3 is 2.52 bits per heavy atom. The van der Waals surface area contributed by atoms with Crippen LogP contribution in [0.1, 0.15) is 70.2 Å². The highest BCUT2D eigenvalue weighted by Gasteiger charge is 2.24. The molecule has 1 unspecified atom stereocenters. The Balaban J connectivity index is 0.00000306. The van der Waals surface area contributed by atoms with Crippen LogP contribution in [0.4, 0.5) is 0 Å². The topological polar surface area (TPSA) is 56.5 Å². The van der Waals surface area contributed by atoms with Crippen molar-refractivity contribution in [1.29, 1.82) is 0 Å². The van der Waals surface area contributed by atoms with Gasteiger partial charge in [-0.1, -0.05) is 52.2 Å². The molecule has 5 nitrogen and oxygen atoms in total. The van der Waals surface area contributed by atoms with Crippen molar-refractivity contribution in [2.24, 2.45) is 0 Å². The number of rotatable bonds is 7. The third kappa shape index (κ3) is 5.82. The van der Waals surface area contributed by atoms with Crippen molar-refractivity contribution in [2.75, 3.05) is 13.7 Å². The zero-order valence-electron chi connectivity index (χ0n) is 20.2. The summed E-state index contributed by atoms with van der Waals surface area (Å²) in [7, 11) is 1.67. The molecule has 33 heavy (non-hydrogen) atoms. The van der Waals surface area contributed by atoms with Crippen LogP contribution in [-0.2, 0) is 12.0 Å². The molecule has 0 radical (unpaired) electrons. The van der Waals surface area contributed by atoms with E-state index in [1.165, 1.54) is 32.1 Å². The van der Waals surface area contributed by atoms with Gasteiger partial charge in [0.2, 0.25) is 0 Å². The fraction of sp³-hybridized carbons (Fsp3) is 0.519. The lowest BCUT2D eigenvalue weighted by Crippen LogP contribution is -2.26. The van der Waals surface area contributed by atoms with Gasteiger partial charge in [-0.05, 0) is 48.6 Å². The molecule has 1 atom stereocenters. The Labute approximate surface area is 203 Å². The summed E-state index contributed by atoms with van der Waals surface area (Å²) in [6.45, 7) is 7.16. The number of aliphatic hydroxyl groups excluding tert-OH is 1. The number of para-hydroxylation sites is 2. The molecule has 0 saturated heterocycles. The zero-order valence-corrected chi connectivity index (χ0v) is 21.0. The van der Waals surface area contributed by atoms with Crippen molar-refractivity contribution < 1.29 is 14.6 Å². The molecule has 1 saturated carbocycles. The predicted molar refractivity (Wildman–Crippen MR) is 136 cm³/mol. The van der Waals surface area contributed by atoms with E-state index in [1.807, 2.05) is 30.3 Å². The first-order valence-corrected chi connectivity index (χ1v) is 11.8. The highest BCUT2D eigenvalue weighted by molar-refractivity contribution is 5.85. The number of aliphatic hydroxyl groups is 1. The third-order valence-electron chi connectivity index (χ3n) is 6.47. The van der Waals surface area contributed by atoms with E-state index in [9.17, 15) is 5.11 Å². The number of nitrogens with zero attached hydrogens (tertiary/aromatic N) is 2. The molecule has 1 heterocycles. The van der Waals surface area contributed by atoms with Gasteiger partial charge in [-0.3, -0.25) is 0 Å². The van der Waals surface area contributed by atoms with E-state index in [1.54, 1.807) is 7.11 Å². The second-order valence-corrected chi connectivity index (χ2v) is 9.98. The third-order valence-corrected chi connectivity index (χ3v) is 6.47. The minimum absolute atomic E-state index is 0. The highest BCUT2D eigenvalue weighted by Crippen LogP contribution is 2.35. The van der Waals surface area contributed by atoms with Gasteiger partial charge in [0.15, 0.2) is 0 Å². The minimum Gasteiger partial charge on any atom is -0.497 e. The molecule has 3 aromatic rings. The van der Waals surface area contributed by atoms with Crippen LogP contribution in [0.3, 0.4) is 0 Å². The van der Waals surface area contributed by atoms with Gasteiger partial charge in [-0.2, -0.15) is 0 Å². The van der Waals surface area contributed by atoms with Gasteiger partial charge in [-0.25, -0.2) is 4.98 Å². The molecule has 6 heteroatoms. The van der Waals surface area contributed by atoms with Crippen LogP contribution in [-0.4, -0.2) is 34.5 Å². The molecule has 180 valence electrons. The van der Waals surface area contributed by atoms with E-state index < -0.39 is 6.10 Å². The molecule has 0 aliphatic heterocycles. The number of benzene rings is 2. The van der Waals surface area contributed by atoms with Crippen molar-refractivity contribution in [3.63, 3.8) is 0 Å². The lowest BCUT2D eigenvalue weighted by Gasteiger charge is -2.25. The maximum atomic E-state index is 11.0. The van der Waals surface area contributed by atoms with Crippen molar-refractivity contribution in [3.8, 4) is 11.5 Å². The van der Waals surface area contributed by atoms with Gasteiger partial charge in [-0.15, -0.1) is 12.4 Å². The number of methoxy groups -OCH3 is 1. The van der Waals surface area contributed by atoms with Gasteiger partial charge >= 0.3 is 0 Å². The summed E-state index contributed by atoms with van der Waals surface area (Å²) in [4.78, 5) is 4.97. The molecule has 1 aliphatic rings. The SMILES string of the molecule is COc1ccc(OCC(O)Cn2c(C3CCCCC3)nc3ccccc32)c(C(C)(C)C)c1.Cl. The van der Waals surface area contributed by atoms with E-state index >= 15 is 0 Å². The lowest BCUT2D eigenvalue weighted by molar-refractivity contribution is 0.0912. The molecule has 2 aromatic carbocycles. The average Bonchev–Trinajstić information content (AvgIpc) is 3.16. The zero-order chi connectivity index (χ0) is 22.7. The van der Waals surface area contributed by atoms with Crippen molar-refractivity contribution in [1.82, 2.24) is 9.55 Å². The van der Waals surface area contributed by atoms with Crippen LogP contribution in [0.5, 0.6) is 11.5 Å². The summed E-state index contributed by atoms with van der Waals surface area (Å²) in [5.41, 5.74) is 3.07. The number of imidazole rings is 1. The molecule has 1 aliphatic carbocycles. The van der Waals surface area contributed by atoms with Gasteiger partial charge in [0, 0.05) is 11.5 Å². The predicted octanol–water partition coefficient (Wildman–Crippen LogP) is 6.25. The Hall–Kier alpha value is -2.24. The van der Waals surface area contributed by atoms with Crippen molar-refractivity contribution in [3.05, 3.63) is 53.9 Å². The minimum atomic E-state index is -0.634. The van der Waals surface area contributed by atoms with E-state index in [2.05, 4.69) is 37.5 Å². The highest BCUT2D eigenvalue weighted by atomic mass is 35.5. The number of hydrogen-bond acceptors (Lipinski definition) is 4. The van der Waals surface area contributed by atoms with E-state index in [0.29, 0.717) is 12.5 Å². The second-order valence-electron chi connectivity index (χ2n) is 9.98. The normalized spacial score (nSPS) is 15.8. The van der Waals surface area contributed by atoms with Crippen LogP contribution < -0.4 is 9.47 Å². The monoisotopic (exact) mass is 472 g/mol. The van der Waals surface area contributed by atoms with Crippen LogP contribution in [0, 0.1) is 0 Å². The largest absolute Gasteiger partial charge is 0.497 e. The summed E-state index contributed by atoms with van der Waals surface area (Å²) < 4.78 is 13.7. The molecule has 1 N–H and O–H groups in total. The quantitative estimate of drug-likeness (QED) is 0.441. The van der Waals surface area contributed by atoms with Crippen LogP contribution in [0.2, 0.25) is 0 Å². The summed E-state index contributed by atoms with van der Waals surface area (Å²) >= 11 is 0. The summed E-state index contributed by atoms with van der Waals surface area (Å²) in [6.07, 6.45) is 5.54. The molecular formula is C27H37ClN2O3. The summed E-state index contributed by atoms with van der Waals surface area (Å²) in [5, 5.41) is 11.0. The van der Waals surface area contributed by atoms with Gasteiger partial charge in [0.1, 0.15) is 30.0 Å². The molecule has 1 aromatic heterocycles. The van der Waals surface area contributed by atoms with Gasteiger partial charge in [0.25, 0.3) is 0 Å².